The van der Waals surface area contributed by atoms with Gasteiger partial charge in [-0.3, -0.25) is 7.82 Å². The predicted molar refractivity (Wildman–Crippen MR) is 57.1 cm³/mol. The topological polar surface area (TPSA) is 40.5 Å². The van der Waals surface area contributed by atoms with Gasteiger partial charge in [-0.15, -0.1) is 0 Å². The molecule has 0 saturated heterocycles. The van der Waals surface area contributed by atoms with E-state index in [1.165, 1.54) is 3.02 Å². The fourth-order valence-corrected chi connectivity index (χ4v) is 1.96. The third-order valence-electron chi connectivity index (χ3n) is 2.13. The summed E-state index contributed by atoms with van der Waals surface area (Å²) in [6.07, 6.45) is 0.778. The van der Waals surface area contributed by atoms with Crippen molar-refractivity contribution in [3.8, 4) is 0 Å². The molecule has 0 saturated carbocycles. The van der Waals surface area contributed by atoms with Crippen molar-refractivity contribution in [2.75, 3.05) is 0 Å². The summed E-state index contributed by atoms with van der Waals surface area (Å²) < 4.78 is 1.23. The van der Waals surface area contributed by atoms with E-state index >= 15 is 0 Å². The normalized spacial score (nSPS) is 14.8. The fourth-order valence-electron chi connectivity index (χ4n) is 0.967. The second-order valence-corrected chi connectivity index (χ2v) is 4.54. The Labute approximate surface area is 88.4 Å². The minimum Gasteiger partial charge on any atom is -0.480 e. The maximum atomic E-state index is 10.8. The van der Waals surface area contributed by atoms with Crippen LogP contribution in [0.1, 0.15) is 27.2 Å². The van der Waals surface area contributed by atoms with Crippen molar-refractivity contribution in [2.45, 2.75) is 33.2 Å². The van der Waals surface area contributed by atoms with Crippen molar-refractivity contribution in [1.29, 1.82) is 0 Å². The second kappa shape index (κ2) is 4.46. The summed E-state index contributed by atoms with van der Waals surface area (Å²) in [5, 5.41) is 8.88. The van der Waals surface area contributed by atoms with Crippen molar-refractivity contribution in [3.05, 3.63) is 0 Å². The number of nitrogens with zero attached hydrogens (tertiary/aromatic N) is 1. The molecule has 2 radical (unpaired) electrons. The van der Waals surface area contributed by atoms with Crippen LogP contribution in [0.4, 0.5) is 0 Å². The van der Waals surface area contributed by atoms with Gasteiger partial charge in [0.1, 0.15) is 6.04 Å². The van der Waals surface area contributed by atoms with Crippen LogP contribution in [0.2, 0.25) is 0 Å². The van der Waals surface area contributed by atoms with Crippen molar-refractivity contribution in [1.82, 2.24) is 3.02 Å². The van der Waals surface area contributed by atoms with E-state index in [0.717, 1.165) is 6.42 Å². The van der Waals surface area contributed by atoms with Crippen molar-refractivity contribution < 1.29 is 9.90 Å². The molecule has 0 heterocycles. The Hall–Kier alpha value is 0.225. The number of carboxylic acids is 1. The van der Waals surface area contributed by atoms with E-state index < -0.39 is 12.0 Å². The average molecular weight is 281 g/mol. The van der Waals surface area contributed by atoms with Gasteiger partial charge in [0.25, 0.3) is 0 Å². The highest BCUT2D eigenvalue weighted by Crippen LogP contribution is 2.29. The maximum Gasteiger partial charge on any atom is 0.321 e. The van der Waals surface area contributed by atoms with Gasteiger partial charge in [-0.05, 0) is 11.8 Å². The SMILES string of the molecule is [B]N(I)C(C(=O)O)C(C)(C)CC. The fraction of sp³-hybridized carbons (Fsp3) is 0.857. The summed E-state index contributed by atoms with van der Waals surface area (Å²) >= 11 is 1.80. The average Bonchev–Trinajstić information content (AvgIpc) is 1.84. The number of carboxylic acid groups (broad SMARTS) is 1. The Balaban J connectivity index is 4.62. The lowest BCUT2D eigenvalue weighted by Crippen LogP contribution is -2.44. The first-order valence-electron chi connectivity index (χ1n) is 3.75. The summed E-state index contributed by atoms with van der Waals surface area (Å²) in [6, 6.07) is -0.636. The van der Waals surface area contributed by atoms with Crippen LogP contribution in [-0.4, -0.2) is 28.1 Å². The predicted octanol–water partition coefficient (Wildman–Crippen LogP) is 1.61. The number of aliphatic carboxylic acids is 1. The molecule has 5 heteroatoms. The lowest BCUT2D eigenvalue weighted by atomic mass is 9.81. The monoisotopic (exact) mass is 281 g/mol. The van der Waals surface area contributed by atoms with Gasteiger partial charge < -0.3 is 5.11 Å². The number of halogens is 1. The maximum absolute atomic E-state index is 10.8. The summed E-state index contributed by atoms with van der Waals surface area (Å²) in [5.74, 6) is -0.876. The summed E-state index contributed by atoms with van der Waals surface area (Å²) in [4.78, 5) is 10.8. The Kier molecular flexibility index (Phi) is 4.54. The van der Waals surface area contributed by atoms with Crippen LogP contribution >= 0.6 is 22.9 Å². The lowest BCUT2D eigenvalue weighted by molar-refractivity contribution is -0.143. The molecule has 0 aliphatic heterocycles. The van der Waals surface area contributed by atoms with E-state index in [9.17, 15) is 4.79 Å². The van der Waals surface area contributed by atoms with Gasteiger partial charge in [0.2, 0.25) is 0 Å². The van der Waals surface area contributed by atoms with Crippen molar-refractivity contribution >= 4 is 36.8 Å². The van der Waals surface area contributed by atoms with Gasteiger partial charge in [-0.25, -0.2) is 0 Å². The Morgan fingerprint density at radius 2 is 2.17 bits per heavy atom. The van der Waals surface area contributed by atoms with Gasteiger partial charge in [-0.2, -0.15) is 0 Å². The summed E-state index contributed by atoms with van der Waals surface area (Å²) in [6.45, 7) is 5.74. The zero-order chi connectivity index (χ0) is 9.94. The van der Waals surface area contributed by atoms with E-state index in [1.54, 1.807) is 22.9 Å². The van der Waals surface area contributed by atoms with Crippen LogP contribution in [0, 0.1) is 5.41 Å². The zero-order valence-electron chi connectivity index (χ0n) is 7.54. The molecular weight excluding hydrogens is 268 g/mol. The molecule has 68 valence electrons. The van der Waals surface area contributed by atoms with E-state index in [0.29, 0.717) is 0 Å². The molecule has 3 nitrogen and oxygen atoms in total. The standard InChI is InChI=1S/C7H13BINO2/c1-4-7(2,3)5(6(11)12)10(8)9/h5H,4H2,1-3H3,(H,11,12). The molecule has 0 aliphatic carbocycles. The van der Waals surface area contributed by atoms with Crippen LogP contribution in [0.15, 0.2) is 0 Å². The van der Waals surface area contributed by atoms with Gasteiger partial charge in [0, 0.05) is 22.9 Å². The summed E-state index contributed by atoms with van der Waals surface area (Å²) in [5.41, 5.74) is -0.304. The quantitative estimate of drug-likeness (QED) is 0.483. The lowest BCUT2D eigenvalue weighted by Gasteiger charge is -2.34. The van der Waals surface area contributed by atoms with Gasteiger partial charge in [0.15, 0.2) is 7.98 Å². The van der Waals surface area contributed by atoms with Gasteiger partial charge >= 0.3 is 5.97 Å². The molecule has 0 aromatic heterocycles. The third-order valence-corrected chi connectivity index (χ3v) is 2.69. The van der Waals surface area contributed by atoms with Crippen LogP contribution in [-0.2, 0) is 4.79 Å². The number of hydrogen-bond donors (Lipinski definition) is 1. The van der Waals surface area contributed by atoms with Gasteiger partial charge in [0.05, 0.1) is 0 Å². The largest absolute Gasteiger partial charge is 0.480 e. The Morgan fingerprint density at radius 3 is 2.25 bits per heavy atom. The van der Waals surface area contributed by atoms with Gasteiger partial charge in [-0.1, -0.05) is 20.8 Å². The highest BCUT2D eigenvalue weighted by Gasteiger charge is 2.35. The minimum atomic E-state index is -0.876. The third kappa shape index (κ3) is 2.93. The zero-order valence-corrected chi connectivity index (χ0v) is 9.70. The molecule has 0 aromatic rings. The molecule has 0 amide bonds. The molecule has 0 aromatic carbocycles. The molecule has 0 fully saturated rings. The molecule has 12 heavy (non-hydrogen) atoms. The molecule has 0 aliphatic rings. The molecule has 1 unspecified atom stereocenters. The van der Waals surface area contributed by atoms with E-state index in [4.69, 9.17) is 13.1 Å². The number of rotatable bonds is 4. The molecule has 0 spiro atoms. The minimum absolute atomic E-state index is 0.304. The van der Waals surface area contributed by atoms with Crippen LogP contribution in [0.3, 0.4) is 0 Å². The molecule has 1 atom stereocenters. The van der Waals surface area contributed by atoms with Crippen LogP contribution in [0.5, 0.6) is 0 Å². The number of carbonyl (C=O) groups is 1. The second-order valence-electron chi connectivity index (χ2n) is 3.43. The smallest absolute Gasteiger partial charge is 0.321 e. The van der Waals surface area contributed by atoms with Crippen molar-refractivity contribution in [2.24, 2.45) is 5.41 Å². The Morgan fingerprint density at radius 1 is 1.75 bits per heavy atom. The molecule has 0 bridgehead atoms. The first-order valence-corrected chi connectivity index (χ1v) is 4.72. The molecule has 0 rings (SSSR count). The Bertz CT molecular complexity index is 173. The number of hydrogen-bond acceptors (Lipinski definition) is 2. The first-order chi connectivity index (χ1) is 5.33. The first kappa shape index (κ1) is 12.2. The highest BCUT2D eigenvalue weighted by atomic mass is 127. The van der Waals surface area contributed by atoms with E-state index in [-0.39, 0.29) is 5.41 Å². The molecule has 1 N–H and O–H groups in total. The summed E-state index contributed by atoms with van der Waals surface area (Å²) in [7, 11) is 5.44. The van der Waals surface area contributed by atoms with Crippen LogP contribution < -0.4 is 0 Å². The van der Waals surface area contributed by atoms with Crippen LogP contribution in [0.25, 0.3) is 0 Å². The molecular formula is C7H13BINO2. The highest BCUT2D eigenvalue weighted by molar-refractivity contribution is 14.1. The van der Waals surface area contributed by atoms with Crippen molar-refractivity contribution in [3.63, 3.8) is 0 Å². The van der Waals surface area contributed by atoms with E-state index in [2.05, 4.69) is 0 Å². The van der Waals surface area contributed by atoms with E-state index in [1.807, 2.05) is 20.8 Å².